The summed E-state index contributed by atoms with van der Waals surface area (Å²) < 4.78 is -2.27. The molecule has 0 saturated carbocycles. The zero-order valence-corrected chi connectivity index (χ0v) is 13.6. The minimum Gasteiger partial charge on any atom is -0.306 e. The van der Waals surface area contributed by atoms with Gasteiger partial charge in [0.1, 0.15) is 0 Å². The van der Waals surface area contributed by atoms with Gasteiger partial charge in [0.05, 0.1) is 10.8 Å². The molecule has 1 aromatic carbocycles. The van der Waals surface area contributed by atoms with Crippen LogP contribution in [0.3, 0.4) is 0 Å². The topological polar surface area (TPSA) is 97.6 Å². The van der Waals surface area contributed by atoms with Crippen LogP contribution in [0.2, 0.25) is 0 Å². The summed E-state index contributed by atoms with van der Waals surface area (Å²) in [6.07, 6.45) is 0.00824. The normalized spacial score (nSPS) is 18.9. The van der Waals surface area contributed by atoms with Gasteiger partial charge in [-0.15, -0.1) is 0 Å². The fraction of sp³-hybridized carbons (Fsp3) is 0.308. The quantitative estimate of drug-likeness (QED) is 0.264. The van der Waals surface area contributed by atoms with Crippen LogP contribution in [0.5, 0.6) is 0 Å². The number of Topliss-reactive ketones (excluding diaryl/α,β-unsaturated/α-hetero) is 2. The lowest BCUT2D eigenvalue weighted by Gasteiger charge is -2.30. The van der Waals surface area contributed by atoms with E-state index >= 15 is 0 Å². The predicted octanol–water partition coefficient (Wildman–Crippen LogP) is 2.46. The van der Waals surface area contributed by atoms with E-state index in [9.17, 15) is 24.5 Å². The maximum absolute atomic E-state index is 12.1. The molecule has 1 unspecified atom stereocenters. The van der Waals surface area contributed by atoms with E-state index in [0.717, 1.165) is 4.90 Å². The van der Waals surface area contributed by atoms with Crippen LogP contribution >= 0.6 is 34.8 Å². The van der Waals surface area contributed by atoms with Gasteiger partial charge in [-0.3, -0.25) is 24.5 Å². The van der Waals surface area contributed by atoms with Crippen LogP contribution in [0.25, 0.3) is 0 Å². The SMILES string of the molecule is O=C1C(=O)N(c2ccc([N+](=O)[O-])cc2)CCC1C(=O)C(Cl)(Cl)Cl. The highest BCUT2D eigenvalue weighted by Crippen LogP contribution is 2.34. The fourth-order valence-corrected chi connectivity index (χ4v) is 2.62. The van der Waals surface area contributed by atoms with E-state index in [0.29, 0.717) is 5.69 Å². The predicted molar refractivity (Wildman–Crippen MR) is 83.9 cm³/mol. The van der Waals surface area contributed by atoms with E-state index in [1.54, 1.807) is 0 Å². The molecule has 122 valence electrons. The zero-order chi connectivity index (χ0) is 17.4. The summed E-state index contributed by atoms with van der Waals surface area (Å²) in [5.74, 6) is -4.13. The van der Waals surface area contributed by atoms with Crippen LogP contribution in [0.15, 0.2) is 24.3 Å². The number of alkyl halides is 3. The monoisotopic (exact) mass is 378 g/mol. The number of carbonyl (C=O) groups is 3. The summed E-state index contributed by atoms with van der Waals surface area (Å²) >= 11 is 16.4. The Morgan fingerprint density at radius 1 is 1.22 bits per heavy atom. The Morgan fingerprint density at radius 2 is 1.78 bits per heavy atom. The number of nitro groups is 1. The summed E-state index contributed by atoms with van der Waals surface area (Å²) in [6.45, 7) is 0.0551. The van der Waals surface area contributed by atoms with Gasteiger partial charge in [-0.1, -0.05) is 34.8 Å². The highest BCUT2D eigenvalue weighted by atomic mass is 35.6. The molecule has 0 N–H and O–H groups in total. The molecule has 1 atom stereocenters. The van der Waals surface area contributed by atoms with Gasteiger partial charge >= 0.3 is 0 Å². The number of hydrogen-bond donors (Lipinski definition) is 0. The molecule has 0 bridgehead atoms. The van der Waals surface area contributed by atoms with Crippen molar-refractivity contribution in [2.24, 2.45) is 5.92 Å². The van der Waals surface area contributed by atoms with Crippen LogP contribution in [0.1, 0.15) is 6.42 Å². The molecule has 7 nitrogen and oxygen atoms in total. The number of ketones is 2. The van der Waals surface area contributed by atoms with Gasteiger partial charge < -0.3 is 4.90 Å². The summed E-state index contributed by atoms with van der Waals surface area (Å²) in [4.78, 5) is 47.3. The number of anilines is 1. The molecule has 23 heavy (non-hydrogen) atoms. The van der Waals surface area contributed by atoms with Crippen LogP contribution in [0, 0.1) is 16.0 Å². The molecule has 1 aliphatic heterocycles. The lowest BCUT2D eigenvalue weighted by Crippen LogP contribution is -2.50. The molecule has 0 spiro atoms. The Hall–Kier alpha value is -1.70. The number of amides is 1. The van der Waals surface area contributed by atoms with E-state index in [-0.39, 0.29) is 18.7 Å². The molecule has 1 saturated heterocycles. The van der Waals surface area contributed by atoms with Crippen molar-refractivity contribution in [1.29, 1.82) is 0 Å². The molecule has 1 heterocycles. The van der Waals surface area contributed by atoms with Crippen molar-refractivity contribution >= 4 is 63.7 Å². The molecule has 10 heteroatoms. The van der Waals surface area contributed by atoms with Gasteiger partial charge in [0.25, 0.3) is 11.6 Å². The second-order valence-corrected chi connectivity index (χ2v) is 7.08. The number of halogens is 3. The Labute approximate surface area is 145 Å². The van der Waals surface area contributed by atoms with Crippen molar-refractivity contribution in [1.82, 2.24) is 0 Å². The van der Waals surface area contributed by atoms with Crippen molar-refractivity contribution in [3.8, 4) is 0 Å². The molecule has 1 aliphatic rings. The Kier molecular flexibility index (Phi) is 4.93. The molecule has 2 rings (SSSR count). The van der Waals surface area contributed by atoms with E-state index in [2.05, 4.69) is 0 Å². The maximum atomic E-state index is 12.1. The summed E-state index contributed by atoms with van der Waals surface area (Å²) in [7, 11) is 0. The Bertz CT molecular complexity index is 684. The third-order valence-corrected chi connectivity index (χ3v) is 3.94. The first kappa shape index (κ1) is 17.7. The molecular weight excluding hydrogens is 371 g/mol. The number of nitrogens with zero attached hydrogens (tertiary/aromatic N) is 2. The highest BCUT2D eigenvalue weighted by Gasteiger charge is 2.46. The van der Waals surface area contributed by atoms with E-state index < -0.39 is 32.1 Å². The van der Waals surface area contributed by atoms with Gasteiger partial charge in [0.2, 0.25) is 9.58 Å². The first-order chi connectivity index (χ1) is 10.6. The van der Waals surface area contributed by atoms with Gasteiger partial charge in [0, 0.05) is 24.4 Å². The number of rotatable bonds is 3. The first-order valence-corrected chi connectivity index (χ1v) is 7.47. The van der Waals surface area contributed by atoms with Crippen molar-refractivity contribution in [3.05, 3.63) is 34.4 Å². The molecule has 0 aromatic heterocycles. The number of hydrogen-bond acceptors (Lipinski definition) is 5. The van der Waals surface area contributed by atoms with Crippen LogP contribution < -0.4 is 4.90 Å². The van der Waals surface area contributed by atoms with Crippen LogP contribution in [-0.4, -0.2) is 32.7 Å². The lowest BCUT2D eigenvalue weighted by molar-refractivity contribution is -0.384. The van der Waals surface area contributed by atoms with Gasteiger partial charge in [-0.2, -0.15) is 0 Å². The lowest BCUT2D eigenvalue weighted by atomic mass is 9.91. The summed E-state index contributed by atoms with van der Waals surface area (Å²) in [5.41, 5.74) is 0.169. The number of carbonyl (C=O) groups excluding carboxylic acids is 3. The van der Waals surface area contributed by atoms with Crippen LogP contribution in [0.4, 0.5) is 11.4 Å². The number of piperidine rings is 1. The van der Waals surface area contributed by atoms with E-state index in [1.165, 1.54) is 24.3 Å². The summed E-state index contributed by atoms with van der Waals surface area (Å²) in [6, 6.07) is 5.12. The van der Waals surface area contributed by atoms with E-state index in [4.69, 9.17) is 34.8 Å². The Morgan fingerprint density at radius 3 is 2.26 bits per heavy atom. The third-order valence-electron chi connectivity index (χ3n) is 3.38. The van der Waals surface area contributed by atoms with Gasteiger partial charge in [0.15, 0.2) is 5.78 Å². The molecular formula is C13H9Cl3N2O5. The average molecular weight is 380 g/mol. The maximum Gasteiger partial charge on any atom is 0.295 e. The first-order valence-electron chi connectivity index (χ1n) is 6.34. The standard InChI is InChI=1S/C13H9Cl3N2O5/c14-13(15,16)11(20)9-5-6-17(12(21)10(9)19)7-1-3-8(4-2-7)18(22)23/h1-4,9H,5-6H2. The van der Waals surface area contributed by atoms with Gasteiger partial charge in [-0.05, 0) is 18.6 Å². The van der Waals surface area contributed by atoms with E-state index in [1.807, 2.05) is 0 Å². The van der Waals surface area contributed by atoms with Crippen molar-refractivity contribution in [2.45, 2.75) is 10.2 Å². The molecule has 1 amide bonds. The largest absolute Gasteiger partial charge is 0.306 e. The van der Waals surface area contributed by atoms with Crippen molar-refractivity contribution in [2.75, 3.05) is 11.4 Å². The molecule has 0 aliphatic carbocycles. The summed E-state index contributed by atoms with van der Waals surface area (Å²) in [5, 5.41) is 10.6. The van der Waals surface area contributed by atoms with Gasteiger partial charge in [-0.25, -0.2) is 0 Å². The smallest absolute Gasteiger partial charge is 0.295 e. The molecule has 1 aromatic rings. The molecule has 1 fully saturated rings. The second kappa shape index (κ2) is 6.43. The average Bonchev–Trinajstić information content (AvgIpc) is 2.48. The number of non-ortho nitro benzene ring substituents is 1. The highest BCUT2D eigenvalue weighted by molar-refractivity contribution is 6.77. The second-order valence-electron chi connectivity index (χ2n) is 4.80. The number of benzene rings is 1. The van der Waals surface area contributed by atoms with Crippen molar-refractivity contribution < 1.29 is 19.3 Å². The number of nitro benzene ring substituents is 1. The minimum atomic E-state index is -2.27. The van der Waals surface area contributed by atoms with Crippen LogP contribution in [-0.2, 0) is 14.4 Å². The third kappa shape index (κ3) is 3.63. The minimum absolute atomic E-state index is 0.00824. The zero-order valence-electron chi connectivity index (χ0n) is 11.4. The van der Waals surface area contributed by atoms with Crippen molar-refractivity contribution in [3.63, 3.8) is 0 Å². The molecule has 0 radical (unpaired) electrons. The Balaban J connectivity index is 2.20. The fourth-order valence-electron chi connectivity index (χ4n) is 2.22.